The molecule has 0 saturated carbocycles. The fourth-order valence-corrected chi connectivity index (χ4v) is 1.38. The SMILES string of the molecule is O=CNCCCNC(=O)C(=O)Nc1ccc(Cl)cc1. The van der Waals surface area contributed by atoms with Crippen molar-refractivity contribution in [3.63, 3.8) is 0 Å². The molecule has 1 rings (SSSR count). The van der Waals surface area contributed by atoms with Crippen LogP contribution in [0.1, 0.15) is 6.42 Å². The fraction of sp³-hybridized carbons (Fsp3) is 0.250. The maximum atomic E-state index is 11.5. The molecule has 0 saturated heterocycles. The second-order valence-electron chi connectivity index (χ2n) is 3.64. The van der Waals surface area contributed by atoms with Crippen molar-refractivity contribution in [1.29, 1.82) is 0 Å². The Labute approximate surface area is 115 Å². The van der Waals surface area contributed by atoms with Gasteiger partial charge in [-0.05, 0) is 30.7 Å². The minimum atomic E-state index is -0.745. The number of anilines is 1. The molecule has 0 fully saturated rings. The lowest BCUT2D eigenvalue weighted by Gasteiger charge is -2.06. The summed E-state index contributed by atoms with van der Waals surface area (Å²) in [5.74, 6) is -1.47. The highest BCUT2D eigenvalue weighted by Gasteiger charge is 2.12. The van der Waals surface area contributed by atoms with E-state index in [2.05, 4.69) is 16.0 Å². The molecular weight excluding hydrogens is 270 g/mol. The number of hydrogen-bond acceptors (Lipinski definition) is 3. The van der Waals surface area contributed by atoms with E-state index in [1.807, 2.05) is 0 Å². The molecule has 6 nitrogen and oxygen atoms in total. The Balaban J connectivity index is 2.30. The molecule has 0 radical (unpaired) electrons. The number of carbonyl (C=O) groups excluding carboxylic acids is 3. The van der Waals surface area contributed by atoms with Gasteiger partial charge in [-0.25, -0.2) is 0 Å². The van der Waals surface area contributed by atoms with Gasteiger partial charge in [0, 0.05) is 23.8 Å². The van der Waals surface area contributed by atoms with Gasteiger partial charge in [0.15, 0.2) is 0 Å². The predicted octanol–water partition coefficient (Wildman–Crippen LogP) is 0.531. The van der Waals surface area contributed by atoms with E-state index in [0.29, 0.717) is 36.6 Å². The quantitative estimate of drug-likeness (QED) is 0.404. The Morgan fingerprint density at radius 2 is 1.79 bits per heavy atom. The molecule has 0 bridgehead atoms. The number of rotatable bonds is 6. The van der Waals surface area contributed by atoms with Crippen LogP contribution in [0.3, 0.4) is 0 Å². The topological polar surface area (TPSA) is 87.3 Å². The van der Waals surface area contributed by atoms with Crippen molar-refractivity contribution in [2.75, 3.05) is 18.4 Å². The van der Waals surface area contributed by atoms with Gasteiger partial charge in [-0.1, -0.05) is 11.6 Å². The van der Waals surface area contributed by atoms with Crippen LogP contribution < -0.4 is 16.0 Å². The van der Waals surface area contributed by atoms with Gasteiger partial charge in [-0.3, -0.25) is 14.4 Å². The monoisotopic (exact) mass is 283 g/mol. The number of halogens is 1. The van der Waals surface area contributed by atoms with Crippen molar-refractivity contribution in [2.24, 2.45) is 0 Å². The molecule has 102 valence electrons. The first-order chi connectivity index (χ1) is 9.13. The van der Waals surface area contributed by atoms with Gasteiger partial charge in [0.2, 0.25) is 6.41 Å². The van der Waals surface area contributed by atoms with Crippen LogP contribution in [0.15, 0.2) is 24.3 Å². The molecule has 0 unspecified atom stereocenters. The Bertz CT molecular complexity index is 448. The van der Waals surface area contributed by atoms with Crippen molar-refractivity contribution in [2.45, 2.75) is 6.42 Å². The van der Waals surface area contributed by atoms with E-state index >= 15 is 0 Å². The lowest BCUT2D eigenvalue weighted by molar-refractivity contribution is -0.136. The second-order valence-corrected chi connectivity index (χ2v) is 4.08. The standard InChI is InChI=1S/C12H14ClN3O3/c13-9-2-4-10(5-3-9)16-12(19)11(18)15-7-1-6-14-8-17/h2-5,8H,1,6-7H2,(H,14,17)(H,15,18)(H,16,19). The average molecular weight is 284 g/mol. The Morgan fingerprint density at radius 1 is 1.11 bits per heavy atom. The van der Waals surface area contributed by atoms with E-state index in [-0.39, 0.29) is 0 Å². The largest absolute Gasteiger partial charge is 0.359 e. The van der Waals surface area contributed by atoms with Crippen molar-refractivity contribution in [1.82, 2.24) is 10.6 Å². The number of carbonyl (C=O) groups is 3. The third-order valence-corrected chi connectivity index (χ3v) is 2.43. The lowest BCUT2D eigenvalue weighted by Crippen LogP contribution is -2.36. The molecular formula is C12H14ClN3O3. The number of benzene rings is 1. The molecule has 3 N–H and O–H groups in total. The van der Waals surface area contributed by atoms with E-state index in [9.17, 15) is 14.4 Å². The zero-order chi connectivity index (χ0) is 14.1. The molecule has 1 aromatic carbocycles. The first-order valence-electron chi connectivity index (χ1n) is 5.65. The molecule has 0 aromatic heterocycles. The predicted molar refractivity (Wildman–Crippen MR) is 71.8 cm³/mol. The molecule has 0 aliphatic rings. The first kappa shape index (κ1) is 15.0. The van der Waals surface area contributed by atoms with Crippen LogP contribution in [0, 0.1) is 0 Å². The van der Waals surface area contributed by atoms with Crippen LogP contribution >= 0.6 is 11.6 Å². The summed E-state index contributed by atoms with van der Waals surface area (Å²) < 4.78 is 0. The van der Waals surface area contributed by atoms with Crippen molar-refractivity contribution < 1.29 is 14.4 Å². The average Bonchev–Trinajstić information content (AvgIpc) is 2.41. The smallest absolute Gasteiger partial charge is 0.313 e. The number of amides is 3. The van der Waals surface area contributed by atoms with Gasteiger partial charge in [0.1, 0.15) is 0 Å². The van der Waals surface area contributed by atoms with Crippen molar-refractivity contribution in [3.05, 3.63) is 29.3 Å². The first-order valence-corrected chi connectivity index (χ1v) is 6.03. The Morgan fingerprint density at radius 3 is 2.42 bits per heavy atom. The Hall–Kier alpha value is -2.08. The van der Waals surface area contributed by atoms with Crippen LogP contribution in [-0.4, -0.2) is 31.3 Å². The highest BCUT2D eigenvalue weighted by molar-refractivity contribution is 6.39. The highest BCUT2D eigenvalue weighted by Crippen LogP contribution is 2.12. The minimum Gasteiger partial charge on any atom is -0.359 e. The lowest BCUT2D eigenvalue weighted by atomic mass is 10.3. The van der Waals surface area contributed by atoms with Crippen LogP contribution in [0.2, 0.25) is 5.02 Å². The Kier molecular flexibility index (Phi) is 6.38. The summed E-state index contributed by atoms with van der Waals surface area (Å²) in [6, 6.07) is 6.42. The molecule has 19 heavy (non-hydrogen) atoms. The molecule has 0 spiro atoms. The summed E-state index contributed by atoms with van der Waals surface area (Å²) >= 11 is 5.70. The molecule has 0 aliphatic carbocycles. The van der Waals surface area contributed by atoms with E-state index in [0.717, 1.165) is 0 Å². The maximum absolute atomic E-state index is 11.5. The molecule has 0 heterocycles. The third-order valence-electron chi connectivity index (χ3n) is 2.18. The minimum absolute atomic E-state index is 0.313. The van der Waals surface area contributed by atoms with E-state index in [1.165, 1.54) is 0 Å². The van der Waals surface area contributed by atoms with Crippen molar-refractivity contribution >= 4 is 35.5 Å². The fourth-order valence-electron chi connectivity index (χ4n) is 1.25. The van der Waals surface area contributed by atoms with Crippen LogP contribution in [0.25, 0.3) is 0 Å². The molecule has 7 heteroatoms. The second kappa shape index (κ2) is 8.10. The van der Waals surface area contributed by atoms with Gasteiger partial charge in [-0.15, -0.1) is 0 Å². The zero-order valence-corrected chi connectivity index (χ0v) is 10.9. The normalized spacial score (nSPS) is 9.53. The molecule has 0 atom stereocenters. The summed E-state index contributed by atoms with van der Waals surface area (Å²) in [7, 11) is 0. The molecule has 1 aromatic rings. The summed E-state index contributed by atoms with van der Waals surface area (Å²) in [5, 5.41) is 7.88. The summed E-state index contributed by atoms with van der Waals surface area (Å²) in [6.07, 6.45) is 1.13. The van der Waals surface area contributed by atoms with Gasteiger partial charge in [0.05, 0.1) is 0 Å². The number of hydrogen-bond donors (Lipinski definition) is 3. The van der Waals surface area contributed by atoms with E-state index < -0.39 is 11.8 Å². The highest BCUT2D eigenvalue weighted by atomic mass is 35.5. The van der Waals surface area contributed by atoms with Crippen LogP contribution in [0.4, 0.5) is 5.69 Å². The van der Waals surface area contributed by atoms with Crippen LogP contribution in [0.5, 0.6) is 0 Å². The summed E-state index contributed by atoms with van der Waals surface area (Å²) in [6.45, 7) is 0.760. The number of nitrogens with one attached hydrogen (secondary N) is 3. The summed E-state index contributed by atoms with van der Waals surface area (Å²) in [5.41, 5.74) is 0.493. The van der Waals surface area contributed by atoms with E-state index in [4.69, 9.17) is 11.6 Å². The third kappa shape index (κ3) is 5.87. The molecule has 0 aliphatic heterocycles. The van der Waals surface area contributed by atoms with Crippen LogP contribution in [-0.2, 0) is 14.4 Å². The van der Waals surface area contributed by atoms with Gasteiger partial charge < -0.3 is 16.0 Å². The van der Waals surface area contributed by atoms with E-state index in [1.54, 1.807) is 24.3 Å². The molecule has 3 amide bonds. The zero-order valence-electron chi connectivity index (χ0n) is 10.1. The van der Waals surface area contributed by atoms with Crippen molar-refractivity contribution in [3.8, 4) is 0 Å². The maximum Gasteiger partial charge on any atom is 0.313 e. The van der Waals surface area contributed by atoms with Gasteiger partial charge in [-0.2, -0.15) is 0 Å². The summed E-state index contributed by atoms with van der Waals surface area (Å²) in [4.78, 5) is 32.9. The van der Waals surface area contributed by atoms with Gasteiger partial charge in [0.25, 0.3) is 0 Å². The van der Waals surface area contributed by atoms with Gasteiger partial charge >= 0.3 is 11.8 Å².